The first-order chi connectivity index (χ1) is 9.50. The zero-order valence-electron chi connectivity index (χ0n) is 10.7. The average molecular weight is 295 g/mol. The summed E-state index contributed by atoms with van der Waals surface area (Å²) in [5.74, 6) is -1.36. The van der Waals surface area contributed by atoms with Crippen molar-refractivity contribution in [3.8, 4) is 5.75 Å². The summed E-state index contributed by atoms with van der Waals surface area (Å²) in [5.41, 5.74) is 0.906. The fourth-order valence-electron chi connectivity index (χ4n) is 1.83. The van der Waals surface area contributed by atoms with Crippen LogP contribution in [0.1, 0.15) is 21.5 Å². The molecule has 1 N–H and O–H groups in total. The fourth-order valence-corrected chi connectivity index (χ4v) is 2.04. The third-order valence-corrected chi connectivity index (χ3v) is 3.22. The van der Waals surface area contributed by atoms with Crippen molar-refractivity contribution >= 4 is 17.6 Å². The number of benzene rings is 2. The predicted octanol–water partition coefficient (Wildman–Crippen LogP) is 4.06. The summed E-state index contributed by atoms with van der Waals surface area (Å²) in [6, 6.07) is 9.12. The topological polar surface area (TPSA) is 46.5 Å². The molecule has 0 amide bonds. The van der Waals surface area contributed by atoms with Gasteiger partial charge in [0.05, 0.1) is 5.02 Å². The van der Waals surface area contributed by atoms with Crippen molar-refractivity contribution in [2.24, 2.45) is 0 Å². The highest BCUT2D eigenvalue weighted by Gasteiger charge is 2.15. The molecule has 2 aromatic rings. The van der Waals surface area contributed by atoms with Gasteiger partial charge in [0.2, 0.25) is 0 Å². The maximum absolute atomic E-state index is 13.6. The van der Waals surface area contributed by atoms with Crippen LogP contribution in [0.2, 0.25) is 5.02 Å². The van der Waals surface area contributed by atoms with Crippen molar-refractivity contribution in [1.29, 1.82) is 0 Å². The van der Waals surface area contributed by atoms with Crippen molar-refractivity contribution in [2.45, 2.75) is 13.5 Å². The van der Waals surface area contributed by atoms with Gasteiger partial charge in [-0.2, -0.15) is 0 Å². The Hall–Kier alpha value is -2.07. The van der Waals surface area contributed by atoms with Crippen LogP contribution in [0.5, 0.6) is 5.75 Å². The number of rotatable bonds is 4. The molecule has 0 aliphatic carbocycles. The summed E-state index contributed by atoms with van der Waals surface area (Å²) in [6.45, 7) is 1.60. The highest BCUT2D eigenvalue weighted by molar-refractivity contribution is 6.31. The normalized spacial score (nSPS) is 10.3. The second kappa shape index (κ2) is 5.92. The van der Waals surface area contributed by atoms with Crippen LogP contribution in [-0.2, 0) is 6.61 Å². The van der Waals surface area contributed by atoms with E-state index in [1.807, 2.05) is 0 Å². The van der Waals surface area contributed by atoms with Gasteiger partial charge in [-0.3, -0.25) is 0 Å². The van der Waals surface area contributed by atoms with E-state index in [2.05, 4.69) is 0 Å². The molecule has 0 saturated heterocycles. The number of carboxylic acid groups (broad SMARTS) is 1. The van der Waals surface area contributed by atoms with Gasteiger partial charge >= 0.3 is 5.97 Å². The smallest absolute Gasteiger partial charge is 0.339 e. The monoisotopic (exact) mass is 294 g/mol. The van der Waals surface area contributed by atoms with Gasteiger partial charge in [-0.1, -0.05) is 29.8 Å². The van der Waals surface area contributed by atoms with E-state index in [0.717, 1.165) is 0 Å². The lowest BCUT2D eigenvalue weighted by Gasteiger charge is -2.13. The van der Waals surface area contributed by atoms with Crippen LogP contribution in [-0.4, -0.2) is 11.1 Å². The second-order valence-electron chi connectivity index (χ2n) is 4.25. The van der Waals surface area contributed by atoms with Crippen LogP contribution in [0, 0.1) is 12.7 Å². The van der Waals surface area contributed by atoms with E-state index >= 15 is 0 Å². The minimum atomic E-state index is -1.09. The van der Waals surface area contributed by atoms with Crippen LogP contribution in [0.15, 0.2) is 36.4 Å². The molecule has 0 aliphatic rings. The van der Waals surface area contributed by atoms with Gasteiger partial charge < -0.3 is 9.84 Å². The molecule has 2 aromatic carbocycles. The van der Waals surface area contributed by atoms with Crippen molar-refractivity contribution in [3.63, 3.8) is 0 Å². The molecule has 0 fully saturated rings. The molecule has 0 heterocycles. The minimum absolute atomic E-state index is 0.0393. The highest BCUT2D eigenvalue weighted by Crippen LogP contribution is 2.26. The molecule has 0 spiro atoms. The Kier molecular flexibility index (Phi) is 4.25. The molecular weight excluding hydrogens is 283 g/mol. The molecule has 0 aliphatic heterocycles. The predicted molar refractivity (Wildman–Crippen MR) is 73.9 cm³/mol. The van der Waals surface area contributed by atoms with Gasteiger partial charge in [-0.15, -0.1) is 0 Å². The Bertz CT molecular complexity index is 635. The van der Waals surface area contributed by atoms with Crippen molar-refractivity contribution in [1.82, 2.24) is 0 Å². The third kappa shape index (κ3) is 2.91. The summed E-state index contributed by atoms with van der Waals surface area (Å²) < 4.78 is 19.1. The Morgan fingerprint density at radius 1 is 1.30 bits per heavy atom. The van der Waals surface area contributed by atoms with Crippen LogP contribution in [0.3, 0.4) is 0 Å². The molecule has 0 bridgehead atoms. The van der Waals surface area contributed by atoms with Gasteiger partial charge in [0.15, 0.2) is 0 Å². The Morgan fingerprint density at radius 2 is 2.00 bits per heavy atom. The van der Waals surface area contributed by atoms with E-state index in [1.54, 1.807) is 25.1 Å². The first-order valence-electron chi connectivity index (χ1n) is 5.89. The summed E-state index contributed by atoms with van der Waals surface area (Å²) in [6.07, 6.45) is 0. The number of hydrogen-bond acceptors (Lipinski definition) is 2. The van der Waals surface area contributed by atoms with E-state index in [9.17, 15) is 9.18 Å². The lowest BCUT2D eigenvalue weighted by atomic mass is 10.1. The lowest BCUT2D eigenvalue weighted by molar-refractivity contribution is 0.0691. The molecule has 0 unspecified atom stereocenters. The van der Waals surface area contributed by atoms with Crippen molar-refractivity contribution < 1.29 is 19.0 Å². The maximum Gasteiger partial charge on any atom is 0.339 e. The molecule has 20 heavy (non-hydrogen) atoms. The molecule has 0 aromatic heterocycles. The number of halogens is 2. The molecule has 0 saturated carbocycles. The van der Waals surface area contributed by atoms with Crippen molar-refractivity contribution in [2.75, 3.05) is 0 Å². The molecule has 3 nitrogen and oxygen atoms in total. The van der Waals surface area contributed by atoms with Crippen molar-refractivity contribution in [3.05, 3.63) is 63.9 Å². The fraction of sp³-hybridized carbons (Fsp3) is 0.133. The van der Waals surface area contributed by atoms with E-state index < -0.39 is 11.8 Å². The van der Waals surface area contributed by atoms with E-state index in [0.29, 0.717) is 5.56 Å². The Labute approximate surface area is 120 Å². The first kappa shape index (κ1) is 14.3. The van der Waals surface area contributed by atoms with Gasteiger partial charge in [0.25, 0.3) is 0 Å². The summed E-state index contributed by atoms with van der Waals surface area (Å²) >= 11 is 5.90. The number of hydrogen-bond donors (Lipinski definition) is 1. The second-order valence-corrected chi connectivity index (χ2v) is 4.65. The van der Waals surface area contributed by atoms with E-state index in [4.69, 9.17) is 21.4 Å². The molecule has 0 atom stereocenters. The number of aromatic carboxylic acids is 1. The van der Waals surface area contributed by atoms with Gasteiger partial charge in [-0.05, 0) is 30.7 Å². The third-order valence-electron chi connectivity index (χ3n) is 2.86. The van der Waals surface area contributed by atoms with Crippen LogP contribution in [0.25, 0.3) is 0 Å². The standard InChI is InChI=1S/C15H12ClFO3/c1-9-4-2-5-10(15(18)19)14(9)20-8-11-12(16)6-3-7-13(11)17/h2-7H,8H2,1H3,(H,18,19). The first-order valence-corrected chi connectivity index (χ1v) is 6.27. The number of carboxylic acids is 1. The highest BCUT2D eigenvalue weighted by atomic mass is 35.5. The van der Waals surface area contributed by atoms with Crippen LogP contribution >= 0.6 is 11.6 Å². The Balaban J connectivity index is 2.30. The minimum Gasteiger partial charge on any atom is -0.488 e. The Morgan fingerprint density at radius 3 is 2.65 bits per heavy atom. The van der Waals surface area contributed by atoms with Gasteiger partial charge in [-0.25, -0.2) is 9.18 Å². The molecule has 5 heteroatoms. The maximum atomic E-state index is 13.6. The van der Waals surface area contributed by atoms with Crippen LogP contribution in [0.4, 0.5) is 4.39 Å². The van der Waals surface area contributed by atoms with E-state index in [1.165, 1.54) is 18.2 Å². The van der Waals surface area contributed by atoms with Gasteiger partial charge in [0, 0.05) is 5.56 Å². The zero-order valence-corrected chi connectivity index (χ0v) is 11.4. The summed E-state index contributed by atoms with van der Waals surface area (Å²) in [7, 11) is 0. The lowest BCUT2D eigenvalue weighted by Crippen LogP contribution is -2.06. The van der Waals surface area contributed by atoms with Gasteiger partial charge in [0.1, 0.15) is 23.7 Å². The number of carbonyl (C=O) groups is 1. The largest absolute Gasteiger partial charge is 0.488 e. The number of ether oxygens (including phenoxy) is 1. The molecular formula is C15H12ClFO3. The summed E-state index contributed by atoms with van der Waals surface area (Å²) in [5, 5.41) is 9.36. The zero-order chi connectivity index (χ0) is 14.7. The molecule has 0 radical (unpaired) electrons. The quantitative estimate of drug-likeness (QED) is 0.925. The number of para-hydroxylation sites is 1. The molecule has 2 rings (SSSR count). The SMILES string of the molecule is Cc1cccc(C(=O)O)c1OCc1c(F)cccc1Cl. The average Bonchev–Trinajstić information content (AvgIpc) is 2.39. The number of aryl methyl sites for hydroxylation is 1. The van der Waals surface area contributed by atoms with E-state index in [-0.39, 0.29) is 28.5 Å². The summed E-state index contributed by atoms with van der Waals surface area (Å²) in [4.78, 5) is 11.1. The van der Waals surface area contributed by atoms with Crippen LogP contribution < -0.4 is 4.74 Å². The molecule has 104 valence electrons.